The Morgan fingerprint density at radius 1 is 1.10 bits per heavy atom. The molecule has 0 unspecified atom stereocenters. The van der Waals surface area contributed by atoms with Gasteiger partial charge in [0.05, 0.1) is 10.8 Å². The predicted octanol–water partition coefficient (Wildman–Crippen LogP) is 2.65. The number of thiol groups is 1. The highest BCUT2D eigenvalue weighted by molar-refractivity contribution is 7.71. The van der Waals surface area contributed by atoms with Gasteiger partial charge in [-0.2, -0.15) is 0 Å². The first-order valence-electron chi connectivity index (χ1n) is 8.85. The van der Waals surface area contributed by atoms with Crippen molar-refractivity contribution in [2.75, 3.05) is 0 Å². The van der Waals surface area contributed by atoms with Gasteiger partial charge in [-0.25, -0.2) is 12.8 Å². The summed E-state index contributed by atoms with van der Waals surface area (Å²) in [6, 6.07) is 9.44. The van der Waals surface area contributed by atoms with E-state index < -0.39 is 22.3 Å². The van der Waals surface area contributed by atoms with Crippen molar-refractivity contribution in [2.24, 2.45) is 12.8 Å². The SMILES string of the molecule is Cn1cc(-c2cc(C[SH](=O)=O)ccc2C(=O)c2ccc(F)cc2Cl)c(CN)cc1=O. The lowest BCUT2D eigenvalue weighted by Gasteiger charge is -2.15. The fraction of sp³-hybridized carbons (Fsp3) is 0.143. The maximum atomic E-state index is 13.4. The first-order valence-corrected chi connectivity index (χ1v) is 10.6. The van der Waals surface area contributed by atoms with Crippen LogP contribution in [0.2, 0.25) is 5.02 Å². The number of benzene rings is 2. The number of aromatic nitrogens is 1. The van der Waals surface area contributed by atoms with Gasteiger partial charge in [0.1, 0.15) is 16.5 Å². The van der Waals surface area contributed by atoms with Crippen LogP contribution in [-0.4, -0.2) is 18.8 Å². The van der Waals surface area contributed by atoms with Crippen molar-refractivity contribution < 1.29 is 17.6 Å². The summed E-state index contributed by atoms with van der Waals surface area (Å²) in [5.74, 6) is -1.25. The lowest BCUT2D eigenvalue weighted by Crippen LogP contribution is -2.18. The topological polar surface area (TPSA) is 99.2 Å². The number of rotatable bonds is 6. The van der Waals surface area contributed by atoms with Crippen LogP contribution in [0.15, 0.2) is 53.5 Å². The molecule has 3 aromatic rings. The third-order valence-electron chi connectivity index (χ3n) is 4.64. The molecule has 2 aromatic carbocycles. The van der Waals surface area contributed by atoms with E-state index in [1.807, 2.05) is 0 Å². The zero-order valence-electron chi connectivity index (χ0n) is 15.9. The number of hydrogen-bond acceptors (Lipinski definition) is 5. The van der Waals surface area contributed by atoms with Gasteiger partial charge >= 0.3 is 0 Å². The van der Waals surface area contributed by atoms with Gasteiger partial charge in [-0.05, 0) is 41.0 Å². The normalized spacial score (nSPS) is 11.1. The molecular weight excluding hydrogens is 431 g/mol. The molecule has 0 radical (unpaired) electrons. The Morgan fingerprint density at radius 3 is 2.43 bits per heavy atom. The smallest absolute Gasteiger partial charge is 0.250 e. The van der Waals surface area contributed by atoms with E-state index in [0.717, 1.165) is 12.1 Å². The van der Waals surface area contributed by atoms with E-state index in [-0.39, 0.29) is 34.0 Å². The summed E-state index contributed by atoms with van der Waals surface area (Å²) in [6.45, 7) is 0.0381. The molecule has 0 saturated heterocycles. The third-order valence-corrected chi connectivity index (χ3v) is 5.58. The van der Waals surface area contributed by atoms with Gasteiger partial charge in [0.25, 0.3) is 5.56 Å². The lowest BCUT2D eigenvalue weighted by atomic mass is 9.91. The number of nitrogens with two attached hydrogens (primary N) is 1. The molecule has 0 aliphatic heterocycles. The largest absolute Gasteiger partial charge is 0.326 e. The molecule has 1 aromatic heterocycles. The minimum Gasteiger partial charge on any atom is -0.326 e. The van der Waals surface area contributed by atoms with E-state index in [2.05, 4.69) is 0 Å². The summed E-state index contributed by atoms with van der Waals surface area (Å²) in [6.07, 6.45) is 1.55. The third kappa shape index (κ3) is 4.51. The van der Waals surface area contributed by atoms with E-state index in [4.69, 9.17) is 17.3 Å². The van der Waals surface area contributed by atoms with Gasteiger partial charge < -0.3 is 10.3 Å². The van der Waals surface area contributed by atoms with E-state index in [1.54, 1.807) is 19.3 Å². The number of pyridine rings is 1. The summed E-state index contributed by atoms with van der Waals surface area (Å²) >= 11 is 6.07. The van der Waals surface area contributed by atoms with Crippen LogP contribution in [0.3, 0.4) is 0 Å². The summed E-state index contributed by atoms with van der Waals surface area (Å²) in [5.41, 5.74) is 7.76. The summed E-state index contributed by atoms with van der Waals surface area (Å²) in [5, 5.41) is -0.0443. The highest BCUT2D eigenvalue weighted by Gasteiger charge is 2.20. The number of aryl methyl sites for hydroxylation is 1. The Balaban J connectivity index is 2.28. The number of halogens is 2. The van der Waals surface area contributed by atoms with Gasteiger partial charge in [-0.15, -0.1) is 0 Å². The maximum absolute atomic E-state index is 13.4. The molecule has 0 fully saturated rings. The van der Waals surface area contributed by atoms with Crippen LogP contribution in [0.4, 0.5) is 4.39 Å². The summed E-state index contributed by atoms with van der Waals surface area (Å²) in [4.78, 5) is 25.3. The van der Waals surface area contributed by atoms with Crippen LogP contribution in [-0.2, 0) is 30.0 Å². The molecule has 6 nitrogen and oxygen atoms in total. The molecule has 156 valence electrons. The maximum Gasteiger partial charge on any atom is 0.250 e. The fourth-order valence-corrected chi connectivity index (χ4v) is 3.91. The van der Waals surface area contributed by atoms with Crippen molar-refractivity contribution in [1.82, 2.24) is 4.57 Å². The van der Waals surface area contributed by atoms with Crippen LogP contribution in [0.1, 0.15) is 27.0 Å². The number of carbonyl (C=O) groups excluding carboxylic acids is 1. The summed E-state index contributed by atoms with van der Waals surface area (Å²) in [7, 11) is -1.13. The average molecular weight is 449 g/mol. The molecule has 2 N–H and O–H groups in total. The van der Waals surface area contributed by atoms with Crippen molar-refractivity contribution in [2.45, 2.75) is 12.3 Å². The molecular formula is C21H18ClFN2O4S. The standard InChI is InChI=1S/C21H18ClFN2O4S/c1-25-10-18(13(9-24)7-20(25)26)17-6-12(11-30(28)29)2-4-15(17)21(27)16-5-3-14(23)8-19(16)22/h2-8,10,30H,9,11,24H2,1H3. The Morgan fingerprint density at radius 2 is 1.80 bits per heavy atom. The fourth-order valence-electron chi connectivity index (χ4n) is 3.16. The molecule has 0 spiro atoms. The molecule has 0 saturated carbocycles. The molecule has 30 heavy (non-hydrogen) atoms. The van der Waals surface area contributed by atoms with E-state index in [0.29, 0.717) is 22.3 Å². The molecule has 0 bridgehead atoms. The van der Waals surface area contributed by atoms with Crippen molar-refractivity contribution >= 4 is 28.1 Å². The number of nitrogens with zero attached hydrogens (tertiary/aromatic N) is 1. The Hall–Kier alpha value is -2.81. The Kier molecular flexibility index (Phi) is 6.50. The zero-order valence-corrected chi connectivity index (χ0v) is 17.5. The first kappa shape index (κ1) is 21.9. The van der Waals surface area contributed by atoms with Gasteiger partial charge in [-0.1, -0.05) is 23.7 Å². The highest BCUT2D eigenvalue weighted by Crippen LogP contribution is 2.31. The van der Waals surface area contributed by atoms with Crippen LogP contribution in [0.25, 0.3) is 11.1 Å². The second-order valence-corrected chi connectivity index (χ2v) is 8.08. The van der Waals surface area contributed by atoms with E-state index >= 15 is 0 Å². The first-order chi connectivity index (χ1) is 14.2. The van der Waals surface area contributed by atoms with Gasteiger partial charge in [0.15, 0.2) is 5.78 Å². The van der Waals surface area contributed by atoms with Gasteiger partial charge in [0.2, 0.25) is 0 Å². The highest BCUT2D eigenvalue weighted by atomic mass is 35.5. The van der Waals surface area contributed by atoms with Crippen LogP contribution in [0, 0.1) is 5.82 Å². The van der Waals surface area contributed by atoms with Crippen LogP contribution in [0.5, 0.6) is 0 Å². The average Bonchev–Trinajstić information content (AvgIpc) is 2.68. The number of ketones is 1. The molecule has 1 heterocycles. The zero-order chi connectivity index (χ0) is 22.0. The predicted molar refractivity (Wildman–Crippen MR) is 114 cm³/mol. The molecule has 0 aliphatic rings. The van der Waals surface area contributed by atoms with E-state index in [1.165, 1.54) is 28.8 Å². The number of carbonyl (C=O) groups is 1. The minimum absolute atomic E-state index is 0.0381. The second-order valence-electron chi connectivity index (χ2n) is 6.69. The Labute approximate surface area is 178 Å². The Bertz CT molecular complexity index is 1280. The van der Waals surface area contributed by atoms with Gasteiger partial charge in [-0.3, -0.25) is 9.59 Å². The molecule has 0 aliphatic carbocycles. The van der Waals surface area contributed by atoms with Crippen molar-refractivity contribution in [1.29, 1.82) is 0 Å². The molecule has 0 amide bonds. The monoisotopic (exact) mass is 448 g/mol. The van der Waals surface area contributed by atoms with Crippen molar-refractivity contribution in [3.05, 3.63) is 92.1 Å². The number of hydrogen-bond donors (Lipinski definition) is 2. The minimum atomic E-state index is -2.69. The van der Waals surface area contributed by atoms with Crippen molar-refractivity contribution in [3.8, 4) is 11.1 Å². The van der Waals surface area contributed by atoms with Crippen LogP contribution < -0.4 is 11.3 Å². The van der Waals surface area contributed by atoms with Crippen LogP contribution >= 0.6 is 11.6 Å². The van der Waals surface area contributed by atoms with E-state index in [9.17, 15) is 22.4 Å². The lowest BCUT2D eigenvalue weighted by molar-refractivity contribution is 0.103. The second kappa shape index (κ2) is 8.91. The van der Waals surface area contributed by atoms with Gasteiger partial charge in [0, 0.05) is 42.5 Å². The summed E-state index contributed by atoms with van der Waals surface area (Å²) < 4.78 is 37.2. The van der Waals surface area contributed by atoms with Crippen molar-refractivity contribution in [3.63, 3.8) is 0 Å². The molecule has 3 rings (SSSR count). The molecule has 9 heteroatoms. The molecule has 0 atom stereocenters. The quantitative estimate of drug-likeness (QED) is 0.446.